The standard InChI is InChI=1S/C15H16FNO/c1-10-3-4-11(2)15(7-10)18-9-12-5-6-13(17)8-14(12)16/h3-8H,9,17H2,1-2H3. The van der Waals surface area contributed by atoms with E-state index in [0.717, 1.165) is 16.9 Å². The predicted octanol–water partition coefficient (Wildman–Crippen LogP) is 3.60. The van der Waals surface area contributed by atoms with Crippen molar-refractivity contribution in [3.05, 3.63) is 58.9 Å². The van der Waals surface area contributed by atoms with Crippen LogP contribution in [0.1, 0.15) is 16.7 Å². The van der Waals surface area contributed by atoms with Crippen LogP contribution in [0, 0.1) is 19.7 Å². The molecule has 3 heteroatoms. The largest absolute Gasteiger partial charge is 0.489 e. The molecule has 0 aliphatic heterocycles. The third-order valence-electron chi connectivity index (χ3n) is 2.80. The second-order valence-electron chi connectivity index (χ2n) is 4.41. The summed E-state index contributed by atoms with van der Waals surface area (Å²) in [5, 5.41) is 0. The number of benzene rings is 2. The topological polar surface area (TPSA) is 35.2 Å². The molecule has 0 saturated heterocycles. The van der Waals surface area contributed by atoms with Gasteiger partial charge in [-0.05, 0) is 43.2 Å². The lowest BCUT2D eigenvalue weighted by Crippen LogP contribution is -2.00. The van der Waals surface area contributed by atoms with Gasteiger partial charge in [0.05, 0.1) is 0 Å². The van der Waals surface area contributed by atoms with Crippen LogP contribution in [0.15, 0.2) is 36.4 Å². The first kappa shape index (κ1) is 12.4. The number of nitrogen functional groups attached to an aromatic ring is 1. The van der Waals surface area contributed by atoms with Crippen molar-refractivity contribution in [1.82, 2.24) is 0 Å². The van der Waals surface area contributed by atoms with Crippen molar-refractivity contribution in [2.45, 2.75) is 20.5 Å². The van der Waals surface area contributed by atoms with Gasteiger partial charge in [-0.2, -0.15) is 0 Å². The lowest BCUT2D eigenvalue weighted by Gasteiger charge is -2.10. The molecule has 0 unspecified atom stereocenters. The van der Waals surface area contributed by atoms with E-state index in [9.17, 15) is 4.39 Å². The van der Waals surface area contributed by atoms with E-state index in [1.165, 1.54) is 6.07 Å². The lowest BCUT2D eigenvalue weighted by molar-refractivity contribution is 0.297. The first-order valence-corrected chi connectivity index (χ1v) is 5.80. The Labute approximate surface area is 106 Å². The molecule has 94 valence electrons. The first-order chi connectivity index (χ1) is 8.56. The van der Waals surface area contributed by atoms with Crippen LogP contribution >= 0.6 is 0 Å². The van der Waals surface area contributed by atoms with E-state index in [4.69, 9.17) is 10.5 Å². The molecule has 0 bridgehead atoms. The van der Waals surface area contributed by atoms with Gasteiger partial charge in [0.1, 0.15) is 18.2 Å². The Balaban J connectivity index is 2.13. The highest BCUT2D eigenvalue weighted by molar-refractivity contribution is 5.41. The molecule has 2 N–H and O–H groups in total. The van der Waals surface area contributed by atoms with E-state index in [1.807, 2.05) is 32.0 Å². The maximum Gasteiger partial charge on any atom is 0.131 e. The van der Waals surface area contributed by atoms with E-state index in [0.29, 0.717) is 11.3 Å². The molecule has 2 aromatic rings. The fourth-order valence-corrected chi connectivity index (χ4v) is 1.70. The zero-order valence-corrected chi connectivity index (χ0v) is 10.5. The van der Waals surface area contributed by atoms with Gasteiger partial charge in [-0.3, -0.25) is 0 Å². The van der Waals surface area contributed by atoms with Crippen molar-refractivity contribution >= 4 is 5.69 Å². The fraction of sp³-hybridized carbons (Fsp3) is 0.200. The van der Waals surface area contributed by atoms with Crippen molar-refractivity contribution in [3.8, 4) is 5.75 Å². The molecule has 0 atom stereocenters. The Kier molecular flexibility index (Phi) is 3.51. The van der Waals surface area contributed by atoms with Crippen molar-refractivity contribution in [2.24, 2.45) is 0 Å². The third-order valence-corrected chi connectivity index (χ3v) is 2.80. The van der Waals surface area contributed by atoms with Crippen molar-refractivity contribution in [1.29, 1.82) is 0 Å². The van der Waals surface area contributed by atoms with Gasteiger partial charge in [0.2, 0.25) is 0 Å². The van der Waals surface area contributed by atoms with E-state index in [-0.39, 0.29) is 12.4 Å². The van der Waals surface area contributed by atoms with Crippen LogP contribution in [0.25, 0.3) is 0 Å². The number of halogens is 1. The average Bonchev–Trinajstić information content (AvgIpc) is 2.32. The molecular formula is C15H16FNO. The molecule has 0 saturated carbocycles. The summed E-state index contributed by atoms with van der Waals surface area (Å²) in [6.07, 6.45) is 0. The second kappa shape index (κ2) is 5.08. The van der Waals surface area contributed by atoms with E-state index in [2.05, 4.69) is 0 Å². The molecule has 0 aliphatic carbocycles. The fourth-order valence-electron chi connectivity index (χ4n) is 1.70. The molecule has 2 rings (SSSR count). The number of anilines is 1. The minimum Gasteiger partial charge on any atom is -0.489 e. The number of hydrogen-bond donors (Lipinski definition) is 1. The van der Waals surface area contributed by atoms with Crippen LogP contribution < -0.4 is 10.5 Å². The molecule has 18 heavy (non-hydrogen) atoms. The Morgan fingerprint density at radius 2 is 1.89 bits per heavy atom. The number of ether oxygens (including phenoxy) is 1. The minimum atomic E-state index is -0.333. The van der Waals surface area contributed by atoms with Gasteiger partial charge in [0, 0.05) is 11.3 Å². The summed E-state index contributed by atoms with van der Waals surface area (Å²) in [6, 6.07) is 10.6. The van der Waals surface area contributed by atoms with Gasteiger partial charge in [0.15, 0.2) is 0 Å². The SMILES string of the molecule is Cc1ccc(C)c(OCc2ccc(N)cc2F)c1. The maximum absolute atomic E-state index is 13.6. The smallest absolute Gasteiger partial charge is 0.131 e. The highest BCUT2D eigenvalue weighted by Crippen LogP contribution is 2.21. The molecule has 0 spiro atoms. The second-order valence-corrected chi connectivity index (χ2v) is 4.41. The average molecular weight is 245 g/mol. The molecule has 0 amide bonds. The van der Waals surface area contributed by atoms with E-state index >= 15 is 0 Å². The van der Waals surface area contributed by atoms with Crippen LogP contribution in [0.4, 0.5) is 10.1 Å². The Morgan fingerprint density at radius 3 is 2.61 bits per heavy atom. The third kappa shape index (κ3) is 2.80. The van der Waals surface area contributed by atoms with E-state index in [1.54, 1.807) is 12.1 Å². The summed E-state index contributed by atoms with van der Waals surface area (Å²) in [7, 11) is 0. The van der Waals surface area contributed by atoms with Crippen LogP contribution in [-0.2, 0) is 6.61 Å². The van der Waals surface area contributed by atoms with Gasteiger partial charge in [-0.15, -0.1) is 0 Å². The predicted molar refractivity (Wildman–Crippen MR) is 71.1 cm³/mol. The monoisotopic (exact) mass is 245 g/mol. The summed E-state index contributed by atoms with van der Waals surface area (Å²) in [6.45, 7) is 4.17. The van der Waals surface area contributed by atoms with Crippen molar-refractivity contribution < 1.29 is 9.13 Å². The molecular weight excluding hydrogens is 229 g/mol. The summed E-state index contributed by atoms with van der Waals surface area (Å²) < 4.78 is 19.2. The van der Waals surface area contributed by atoms with Crippen LogP contribution in [-0.4, -0.2) is 0 Å². The summed E-state index contributed by atoms with van der Waals surface area (Å²) in [4.78, 5) is 0. The van der Waals surface area contributed by atoms with Crippen LogP contribution in [0.5, 0.6) is 5.75 Å². The van der Waals surface area contributed by atoms with Crippen molar-refractivity contribution in [2.75, 3.05) is 5.73 Å². The summed E-state index contributed by atoms with van der Waals surface area (Å²) >= 11 is 0. The molecule has 0 aromatic heterocycles. The minimum absolute atomic E-state index is 0.205. The van der Waals surface area contributed by atoms with E-state index < -0.39 is 0 Å². The number of nitrogens with two attached hydrogens (primary N) is 1. The molecule has 0 fully saturated rings. The first-order valence-electron chi connectivity index (χ1n) is 5.80. The molecule has 2 aromatic carbocycles. The quantitative estimate of drug-likeness (QED) is 0.838. The van der Waals surface area contributed by atoms with Gasteiger partial charge >= 0.3 is 0 Å². The molecule has 0 radical (unpaired) electrons. The van der Waals surface area contributed by atoms with Gasteiger partial charge in [-0.1, -0.05) is 18.2 Å². The zero-order valence-electron chi connectivity index (χ0n) is 10.5. The van der Waals surface area contributed by atoms with Crippen LogP contribution in [0.3, 0.4) is 0 Å². The van der Waals surface area contributed by atoms with Gasteiger partial charge in [-0.25, -0.2) is 4.39 Å². The van der Waals surface area contributed by atoms with Crippen molar-refractivity contribution in [3.63, 3.8) is 0 Å². The molecule has 0 heterocycles. The highest BCUT2D eigenvalue weighted by atomic mass is 19.1. The molecule has 2 nitrogen and oxygen atoms in total. The zero-order chi connectivity index (χ0) is 13.1. The number of hydrogen-bond acceptors (Lipinski definition) is 2. The molecule has 0 aliphatic rings. The Morgan fingerprint density at radius 1 is 1.11 bits per heavy atom. The Bertz CT molecular complexity index is 566. The highest BCUT2D eigenvalue weighted by Gasteiger charge is 2.05. The maximum atomic E-state index is 13.6. The number of rotatable bonds is 3. The lowest BCUT2D eigenvalue weighted by atomic mass is 10.1. The number of aryl methyl sites for hydroxylation is 2. The summed E-state index contributed by atoms with van der Waals surface area (Å²) in [5.74, 6) is 0.450. The summed E-state index contributed by atoms with van der Waals surface area (Å²) in [5.41, 5.74) is 8.58. The normalized spacial score (nSPS) is 10.4. The van der Waals surface area contributed by atoms with Gasteiger partial charge in [0.25, 0.3) is 0 Å². The van der Waals surface area contributed by atoms with Gasteiger partial charge < -0.3 is 10.5 Å². The van der Waals surface area contributed by atoms with Crippen LogP contribution in [0.2, 0.25) is 0 Å². The Hall–Kier alpha value is -2.03.